The van der Waals surface area contributed by atoms with Crippen molar-refractivity contribution in [1.82, 2.24) is 4.98 Å². The summed E-state index contributed by atoms with van der Waals surface area (Å²) >= 11 is 0. The van der Waals surface area contributed by atoms with E-state index >= 15 is 0 Å². The van der Waals surface area contributed by atoms with Crippen molar-refractivity contribution >= 4 is 5.82 Å². The van der Waals surface area contributed by atoms with Crippen LogP contribution in [-0.2, 0) is 0 Å². The van der Waals surface area contributed by atoms with Crippen LogP contribution in [0.2, 0.25) is 0 Å². The quantitative estimate of drug-likeness (QED) is 0.824. The monoisotopic (exact) mass is 208 g/mol. The minimum Gasteiger partial charge on any atom is -0.388 e. The van der Waals surface area contributed by atoms with E-state index in [1.165, 1.54) is 0 Å². The van der Waals surface area contributed by atoms with Gasteiger partial charge in [0.05, 0.1) is 6.10 Å². The van der Waals surface area contributed by atoms with Gasteiger partial charge in [0.15, 0.2) is 0 Å². The van der Waals surface area contributed by atoms with Crippen LogP contribution in [0.25, 0.3) is 0 Å². The fraction of sp³-hybridized carbons (Fsp3) is 0.583. The first-order valence-electron chi connectivity index (χ1n) is 5.45. The number of hydrogen-bond donors (Lipinski definition) is 1. The highest BCUT2D eigenvalue weighted by Gasteiger charge is 2.09. The van der Waals surface area contributed by atoms with Gasteiger partial charge < -0.3 is 10.0 Å². The fourth-order valence-electron chi connectivity index (χ4n) is 1.56. The predicted octanol–water partition coefficient (Wildman–Crippen LogP) is 2.29. The fourth-order valence-corrected chi connectivity index (χ4v) is 1.56. The van der Waals surface area contributed by atoms with Gasteiger partial charge in [0, 0.05) is 19.8 Å². The summed E-state index contributed by atoms with van der Waals surface area (Å²) in [6, 6.07) is 2.02. The molecule has 0 saturated carbocycles. The number of aryl methyl sites for hydroxylation is 1. The van der Waals surface area contributed by atoms with Crippen LogP contribution in [0.3, 0.4) is 0 Å². The van der Waals surface area contributed by atoms with E-state index in [0.29, 0.717) is 0 Å². The summed E-state index contributed by atoms with van der Waals surface area (Å²) in [5.41, 5.74) is 2.02. The molecule has 0 saturated heterocycles. The molecule has 0 spiro atoms. The summed E-state index contributed by atoms with van der Waals surface area (Å²) in [7, 11) is 2.02. The first kappa shape index (κ1) is 12.0. The molecule has 3 nitrogen and oxygen atoms in total. The Bertz CT molecular complexity index is 325. The first-order valence-corrected chi connectivity index (χ1v) is 5.45. The van der Waals surface area contributed by atoms with Crippen molar-refractivity contribution in [3.63, 3.8) is 0 Å². The molecule has 0 aliphatic rings. The second-order valence-corrected chi connectivity index (χ2v) is 3.85. The van der Waals surface area contributed by atoms with Crippen molar-refractivity contribution < 1.29 is 5.11 Å². The Morgan fingerprint density at radius 1 is 1.47 bits per heavy atom. The third kappa shape index (κ3) is 2.69. The number of hydrogen-bond acceptors (Lipinski definition) is 3. The normalized spacial score (nSPS) is 12.6. The van der Waals surface area contributed by atoms with Gasteiger partial charge in [-0.15, -0.1) is 0 Å². The van der Waals surface area contributed by atoms with Gasteiger partial charge in [-0.05, 0) is 37.5 Å². The Morgan fingerprint density at radius 2 is 2.13 bits per heavy atom. The third-order valence-electron chi connectivity index (χ3n) is 2.68. The van der Waals surface area contributed by atoms with Crippen molar-refractivity contribution in [2.24, 2.45) is 0 Å². The van der Waals surface area contributed by atoms with Gasteiger partial charge >= 0.3 is 0 Å². The van der Waals surface area contributed by atoms with Gasteiger partial charge in [-0.3, -0.25) is 0 Å². The molecule has 1 aromatic heterocycles. The predicted molar refractivity (Wildman–Crippen MR) is 63.2 cm³/mol. The molecular weight excluding hydrogens is 188 g/mol. The average Bonchev–Trinajstić information content (AvgIpc) is 2.26. The molecule has 1 aromatic rings. The molecule has 0 bridgehead atoms. The standard InChI is InChI=1S/C12H20N2O/c1-5-11(15)10-7-9(3)12(13-8-10)14(4)6-2/h7-8,11,15H,5-6H2,1-4H3/t11-/m0/s1. The van der Waals surface area contributed by atoms with Gasteiger partial charge in [0.1, 0.15) is 5.82 Å². The molecule has 0 amide bonds. The first-order chi connectivity index (χ1) is 7.10. The number of aromatic nitrogens is 1. The van der Waals surface area contributed by atoms with Crippen molar-refractivity contribution in [3.05, 3.63) is 23.4 Å². The van der Waals surface area contributed by atoms with Crippen LogP contribution in [-0.4, -0.2) is 23.7 Å². The van der Waals surface area contributed by atoms with Crippen LogP contribution in [0.4, 0.5) is 5.82 Å². The molecule has 0 aliphatic heterocycles. The van der Waals surface area contributed by atoms with E-state index in [2.05, 4.69) is 16.8 Å². The molecule has 15 heavy (non-hydrogen) atoms. The molecule has 0 aromatic carbocycles. The van der Waals surface area contributed by atoms with Crippen LogP contribution in [0.5, 0.6) is 0 Å². The lowest BCUT2D eigenvalue weighted by Gasteiger charge is -2.19. The Hall–Kier alpha value is -1.09. The summed E-state index contributed by atoms with van der Waals surface area (Å²) in [5, 5.41) is 9.69. The Kier molecular flexibility index (Phi) is 4.09. The summed E-state index contributed by atoms with van der Waals surface area (Å²) < 4.78 is 0. The lowest BCUT2D eigenvalue weighted by molar-refractivity contribution is 0.173. The van der Waals surface area contributed by atoms with Gasteiger partial charge in [-0.1, -0.05) is 6.92 Å². The van der Waals surface area contributed by atoms with Crippen LogP contribution >= 0.6 is 0 Å². The maximum Gasteiger partial charge on any atom is 0.131 e. The Labute approximate surface area is 91.8 Å². The van der Waals surface area contributed by atoms with Crippen molar-refractivity contribution in [1.29, 1.82) is 0 Å². The lowest BCUT2D eigenvalue weighted by atomic mass is 10.1. The molecule has 1 heterocycles. The van der Waals surface area contributed by atoms with Gasteiger partial charge in [0.2, 0.25) is 0 Å². The second kappa shape index (κ2) is 5.12. The molecule has 0 unspecified atom stereocenters. The zero-order chi connectivity index (χ0) is 11.4. The summed E-state index contributed by atoms with van der Waals surface area (Å²) in [6.07, 6.45) is 2.10. The molecule has 1 rings (SSSR count). The average molecular weight is 208 g/mol. The third-order valence-corrected chi connectivity index (χ3v) is 2.68. The van der Waals surface area contributed by atoms with Gasteiger partial charge in [0.25, 0.3) is 0 Å². The maximum atomic E-state index is 9.69. The Balaban J connectivity index is 2.97. The molecule has 0 aliphatic carbocycles. The van der Waals surface area contributed by atoms with Crippen LogP contribution in [0.1, 0.15) is 37.5 Å². The van der Waals surface area contributed by atoms with Gasteiger partial charge in [-0.25, -0.2) is 4.98 Å². The highest BCUT2D eigenvalue weighted by molar-refractivity contribution is 5.46. The van der Waals surface area contributed by atoms with E-state index in [1.54, 1.807) is 6.20 Å². The maximum absolute atomic E-state index is 9.69. The van der Waals surface area contributed by atoms with E-state index < -0.39 is 6.10 Å². The smallest absolute Gasteiger partial charge is 0.131 e. The van der Waals surface area contributed by atoms with Gasteiger partial charge in [-0.2, -0.15) is 0 Å². The number of aliphatic hydroxyl groups is 1. The van der Waals surface area contributed by atoms with Crippen LogP contribution in [0, 0.1) is 6.92 Å². The summed E-state index contributed by atoms with van der Waals surface area (Å²) in [5.74, 6) is 0.990. The number of nitrogens with zero attached hydrogens (tertiary/aromatic N) is 2. The zero-order valence-corrected chi connectivity index (χ0v) is 9.99. The second-order valence-electron chi connectivity index (χ2n) is 3.85. The van der Waals surface area contributed by atoms with Crippen molar-refractivity contribution in [2.75, 3.05) is 18.5 Å². The zero-order valence-electron chi connectivity index (χ0n) is 9.99. The highest BCUT2D eigenvalue weighted by atomic mass is 16.3. The number of rotatable bonds is 4. The number of anilines is 1. The molecule has 84 valence electrons. The van der Waals surface area contributed by atoms with Crippen molar-refractivity contribution in [3.8, 4) is 0 Å². The van der Waals surface area contributed by atoms with E-state index in [9.17, 15) is 5.11 Å². The minimum absolute atomic E-state index is 0.391. The van der Waals surface area contributed by atoms with E-state index in [0.717, 1.165) is 29.9 Å². The molecular formula is C12H20N2O. The topological polar surface area (TPSA) is 36.4 Å². The van der Waals surface area contributed by atoms with Crippen LogP contribution < -0.4 is 4.90 Å². The largest absolute Gasteiger partial charge is 0.388 e. The van der Waals surface area contributed by atoms with E-state index in [4.69, 9.17) is 0 Å². The number of aliphatic hydroxyl groups excluding tert-OH is 1. The summed E-state index contributed by atoms with van der Waals surface area (Å²) in [4.78, 5) is 6.48. The number of pyridine rings is 1. The molecule has 1 atom stereocenters. The van der Waals surface area contributed by atoms with Crippen molar-refractivity contribution in [2.45, 2.75) is 33.3 Å². The Morgan fingerprint density at radius 3 is 2.60 bits per heavy atom. The SMILES string of the molecule is CC[C@H](O)c1cnc(N(C)CC)c(C)c1. The highest BCUT2D eigenvalue weighted by Crippen LogP contribution is 2.21. The molecule has 0 radical (unpaired) electrons. The summed E-state index contributed by atoms with van der Waals surface area (Å²) in [6.45, 7) is 7.02. The lowest BCUT2D eigenvalue weighted by Crippen LogP contribution is -2.18. The van der Waals surface area contributed by atoms with E-state index in [1.807, 2.05) is 27.0 Å². The molecule has 3 heteroatoms. The minimum atomic E-state index is -0.391. The molecule has 0 fully saturated rings. The van der Waals surface area contributed by atoms with Crippen LogP contribution in [0.15, 0.2) is 12.3 Å². The van der Waals surface area contributed by atoms with E-state index in [-0.39, 0.29) is 0 Å². The molecule has 1 N–H and O–H groups in total.